The molecular weight excluding hydrogens is 422 g/mol. The molecule has 1 N–H and O–H groups in total. The highest BCUT2D eigenvalue weighted by Gasteiger charge is 2.35. The minimum Gasteiger partial charge on any atom is -0.489 e. The number of nitrogens with zero attached hydrogens (tertiary/aromatic N) is 2. The van der Waals surface area contributed by atoms with Gasteiger partial charge in [0.2, 0.25) is 0 Å². The molecule has 0 saturated heterocycles. The first-order valence-corrected chi connectivity index (χ1v) is 8.33. The van der Waals surface area contributed by atoms with Crippen molar-refractivity contribution in [2.45, 2.75) is 13.1 Å². The van der Waals surface area contributed by atoms with Crippen molar-refractivity contribution in [1.82, 2.24) is 15.0 Å². The average Bonchev–Trinajstić information content (AvgIpc) is 2.61. The maximum Gasteiger partial charge on any atom is 0.433 e. The van der Waals surface area contributed by atoms with E-state index in [1.807, 2.05) is 0 Å². The molecule has 7 nitrogen and oxygen atoms in total. The predicted molar refractivity (Wildman–Crippen MR) is 95.8 cm³/mol. The number of hydrogen-bond acceptors (Lipinski definition) is 6. The van der Waals surface area contributed by atoms with Crippen LogP contribution in [0, 0.1) is 5.82 Å². The fourth-order valence-corrected chi connectivity index (χ4v) is 2.34. The Hall–Kier alpha value is -2.79. The monoisotopic (exact) mass is 437 g/mol. The zero-order chi connectivity index (χ0) is 21.8. The van der Waals surface area contributed by atoms with Crippen molar-refractivity contribution in [3.8, 4) is 17.4 Å². The number of aromatic nitrogens is 2. The molecule has 0 aliphatic heterocycles. The first-order valence-electron chi connectivity index (χ1n) is 7.95. The van der Waals surface area contributed by atoms with Crippen molar-refractivity contribution in [2.75, 3.05) is 20.3 Å². The highest BCUT2D eigenvalue weighted by atomic mass is 35.5. The Morgan fingerprint density at radius 1 is 1.31 bits per heavy atom. The minimum atomic E-state index is -4.88. The second kappa shape index (κ2) is 9.14. The molecule has 0 aliphatic rings. The first kappa shape index (κ1) is 22.5. The summed E-state index contributed by atoms with van der Waals surface area (Å²) in [6.45, 7) is 5.30. The quantitative estimate of drug-likeness (QED) is 0.387. The van der Waals surface area contributed by atoms with E-state index in [2.05, 4.69) is 17.0 Å². The smallest absolute Gasteiger partial charge is 0.433 e. The van der Waals surface area contributed by atoms with Crippen molar-refractivity contribution in [2.24, 2.45) is 0 Å². The van der Waals surface area contributed by atoms with Crippen LogP contribution in [0.4, 0.5) is 17.6 Å². The number of nitrogens with one attached hydrogen (secondary N) is 1. The SMILES string of the molecule is C=C(C)NOCCOc1cc(-n2c(OC)nc(C(F)(F)F)cc2=O)c(F)cc1Cl. The summed E-state index contributed by atoms with van der Waals surface area (Å²) in [6.07, 6.45) is -4.88. The Balaban J connectivity index is 2.40. The van der Waals surface area contributed by atoms with E-state index < -0.39 is 34.9 Å². The molecule has 0 aliphatic carbocycles. The van der Waals surface area contributed by atoms with Gasteiger partial charge in [0.25, 0.3) is 5.56 Å². The van der Waals surface area contributed by atoms with E-state index in [0.29, 0.717) is 10.3 Å². The van der Waals surface area contributed by atoms with E-state index in [1.165, 1.54) is 0 Å². The highest BCUT2D eigenvalue weighted by molar-refractivity contribution is 6.32. The Bertz CT molecular complexity index is 963. The summed E-state index contributed by atoms with van der Waals surface area (Å²) in [5, 5.41) is -0.119. The maximum absolute atomic E-state index is 14.4. The standard InChI is InChI=1S/C17H16ClF4N3O4/c1-9(2)24-29-5-4-28-13-7-12(11(19)6-10(13)18)25-15(26)8-14(17(20,21)22)23-16(25)27-3/h6-8,24H,1,4-5H2,2-3H3. The molecular formula is C17H16ClF4N3O4. The van der Waals surface area contributed by atoms with Gasteiger partial charge in [0.1, 0.15) is 24.8 Å². The van der Waals surface area contributed by atoms with Crippen LogP contribution in [0.2, 0.25) is 5.02 Å². The summed E-state index contributed by atoms with van der Waals surface area (Å²) < 4.78 is 63.7. The van der Waals surface area contributed by atoms with Gasteiger partial charge in [-0.2, -0.15) is 18.2 Å². The number of ether oxygens (including phenoxy) is 2. The Labute approximate surface area is 167 Å². The summed E-state index contributed by atoms with van der Waals surface area (Å²) in [7, 11) is 0.996. The summed E-state index contributed by atoms with van der Waals surface area (Å²) in [5.41, 5.74) is -0.0564. The molecule has 1 heterocycles. The van der Waals surface area contributed by atoms with Gasteiger partial charge in [-0.25, -0.2) is 8.96 Å². The molecule has 0 spiro atoms. The zero-order valence-electron chi connectivity index (χ0n) is 15.3. The van der Waals surface area contributed by atoms with Crippen LogP contribution in [-0.4, -0.2) is 29.9 Å². The van der Waals surface area contributed by atoms with E-state index in [0.717, 1.165) is 19.2 Å². The number of halogens is 5. The average molecular weight is 438 g/mol. The van der Waals surface area contributed by atoms with Crippen molar-refractivity contribution in [3.05, 3.63) is 57.4 Å². The van der Waals surface area contributed by atoms with Crippen molar-refractivity contribution < 1.29 is 31.9 Å². The molecule has 29 heavy (non-hydrogen) atoms. The number of methoxy groups -OCH3 is 1. The number of alkyl halides is 3. The van der Waals surface area contributed by atoms with Gasteiger partial charge in [-0.3, -0.25) is 15.1 Å². The number of hydroxylamine groups is 1. The third-order valence-electron chi connectivity index (χ3n) is 3.29. The van der Waals surface area contributed by atoms with Crippen LogP contribution in [0.1, 0.15) is 12.6 Å². The van der Waals surface area contributed by atoms with Crippen molar-refractivity contribution in [1.29, 1.82) is 0 Å². The number of hydrogen-bond donors (Lipinski definition) is 1. The molecule has 2 aromatic rings. The van der Waals surface area contributed by atoms with Gasteiger partial charge in [-0.05, 0) is 13.0 Å². The van der Waals surface area contributed by atoms with Gasteiger partial charge in [-0.15, -0.1) is 0 Å². The topological polar surface area (TPSA) is 74.6 Å². The second-order valence-corrected chi connectivity index (χ2v) is 6.02. The van der Waals surface area contributed by atoms with Crippen LogP contribution in [0.25, 0.3) is 5.69 Å². The molecule has 1 aromatic carbocycles. The Morgan fingerprint density at radius 2 is 2.00 bits per heavy atom. The normalized spacial score (nSPS) is 11.3. The van der Waals surface area contributed by atoms with E-state index >= 15 is 0 Å². The van der Waals surface area contributed by atoms with Crippen LogP contribution in [0.15, 0.2) is 35.3 Å². The van der Waals surface area contributed by atoms with Gasteiger partial charge in [0.15, 0.2) is 5.69 Å². The van der Waals surface area contributed by atoms with Crippen molar-refractivity contribution >= 4 is 11.6 Å². The van der Waals surface area contributed by atoms with Crippen LogP contribution >= 0.6 is 11.6 Å². The molecule has 0 radical (unpaired) electrons. The number of allylic oxidation sites excluding steroid dienone is 1. The van der Waals surface area contributed by atoms with E-state index in [1.54, 1.807) is 6.92 Å². The van der Waals surface area contributed by atoms with Crippen LogP contribution < -0.4 is 20.5 Å². The third kappa shape index (κ3) is 5.61. The van der Waals surface area contributed by atoms with Crippen LogP contribution in [0.5, 0.6) is 11.8 Å². The molecule has 2 rings (SSSR count). The summed E-state index contributed by atoms with van der Waals surface area (Å²) in [5.74, 6) is -1.03. The fourth-order valence-electron chi connectivity index (χ4n) is 2.13. The molecule has 0 saturated carbocycles. The molecule has 0 unspecified atom stereocenters. The Morgan fingerprint density at radius 3 is 2.59 bits per heavy atom. The molecule has 0 bridgehead atoms. The van der Waals surface area contributed by atoms with Gasteiger partial charge in [0, 0.05) is 17.8 Å². The van der Waals surface area contributed by atoms with Gasteiger partial charge < -0.3 is 9.47 Å². The zero-order valence-corrected chi connectivity index (χ0v) is 16.0. The lowest BCUT2D eigenvalue weighted by Crippen LogP contribution is -2.25. The van der Waals surface area contributed by atoms with Gasteiger partial charge in [0.05, 0.1) is 17.8 Å². The van der Waals surface area contributed by atoms with Crippen LogP contribution in [-0.2, 0) is 11.0 Å². The van der Waals surface area contributed by atoms with Gasteiger partial charge >= 0.3 is 12.2 Å². The number of benzene rings is 1. The maximum atomic E-state index is 14.4. The molecule has 12 heteroatoms. The van der Waals surface area contributed by atoms with Crippen molar-refractivity contribution in [3.63, 3.8) is 0 Å². The first-order chi connectivity index (χ1) is 13.5. The summed E-state index contributed by atoms with van der Waals surface area (Å²) in [4.78, 5) is 20.5. The van der Waals surface area contributed by atoms with Gasteiger partial charge in [-0.1, -0.05) is 18.2 Å². The third-order valence-corrected chi connectivity index (χ3v) is 3.59. The Kier molecular flexibility index (Phi) is 7.09. The second-order valence-electron chi connectivity index (χ2n) is 5.61. The van der Waals surface area contributed by atoms with E-state index in [-0.39, 0.29) is 30.1 Å². The lowest BCUT2D eigenvalue weighted by Gasteiger charge is -2.16. The molecule has 0 atom stereocenters. The van der Waals surface area contributed by atoms with E-state index in [9.17, 15) is 22.4 Å². The lowest BCUT2D eigenvalue weighted by atomic mass is 10.2. The predicted octanol–water partition coefficient (Wildman–Crippen LogP) is 3.49. The molecule has 0 fully saturated rings. The molecule has 158 valence electrons. The minimum absolute atomic E-state index is 0.0115. The largest absolute Gasteiger partial charge is 0.489 e. The van der Waals surface area contributed by atoms with E-state index in [4.69, 9.17) is 25.9 Å². The number of rotatable bonds is 8. The lowest BCUT2D eigenvalue weighted by molar-refractivity contribution is -0.141. The molecule has 0 amide bonds. The van der Waals surface area contributed by atoms with Crippen LogP contribution in [0.3, 0.4) is 0 Å². The highest BCUT2D eigenvalue weighted by Crippen LogP contribution is 2.32. The summed E-state index contributed by atoms with van der Waals surface area (Å²) in [6, 6.07) is 1.37. The fraction of sp³-hybridized carbons (Fsp3) is 0.294. The molecule has 1 aromatic heterocycles. The summed E-state index contributed by atoms with van der Waals surface area (Å²) >= 11 is 5.93.